The first kappa shape index (κ1) is 31.6. The maximum absolute atomic E-state index is 13.3. The summed E-state index contributed by atoms with van der Waals surface area (Å²) in [6.07, 6.45) is 3.79. The molecule has 1 aromatic carbocycles. The topological polar surface area (TPSA) is 92.8 Å². The van der Waals surface area contributed by atoms with Crippen molar-refractivity contribution in [3.05, 3.63) is 78.3 Å². The van der Waals surface area contributed by atoms with E-state index in [1.165, 1.54) is 10.9 Å². The van der Waals surface area contributed by atoms with Crippen molar-refractivity contribution in [1.82, 2.24) is 34.1 Å². The zero-order chi connectivity index (χ0) is 32.8. The number of alkyl halides is 3. The van der Waals surface area contributed by atoms with Crippen molar-refractivity contribution in [1.29, 1.82) is 0 Å². The second kappa shape index (κ2) is 12.1. The van der Waals surface area contributed by atoms with Gasteiger partial charge in [0.05, 0.1) is 24.5 Å². The number of halogens is 3. The van der Waals surface area contributed by atoms with Crippen LogP contribution in [0.4, 0.5) is 13.2 Å². The predicted octanol–water partition coefficient (Wildman–Crippen LogP) is 7.57. The van der Waals surface area contributed by atoms with Gasteiger partial charge in [0.15, 0.2) is 11.5 Å². The zero-order valence-corrected chi connectivity index (χ0v) is 27.5. The van der Waals surface area contributed by atoms with Gasteiger partial charge in [-0.05, 0) is 30.0 Å². The number of benzene rings is 1. The molecule has 6 rings (SSSR count). The quantitative estimate of drug-likeness (QED) is 0.108. The standard InChI is InChI=1S/C33H36F3N7O2Si/c1-20(21-7-11-23(12-8-21)31-40-26(17-42(31)2)33(34,35)36)24-16-43(19-45-13-14-46(4,5)6)25-15-37-30(41-29(24)25)27-28(22-9-10-22)38-18-39-32(27)44-3/h7-8,11-12,15-18,22H,1,9-10,13-14,19H2,2-6H3. The fourth-order valence-corrected chi connectivity index (χ4v) is 6.08. The van der Waals surface area contributed by atoms with Crippen LogP contribution in [-0.2, 0) is 24.7 Å². The summed E-state index contributed by atoms with van der Waals surface area (Å²) in [5.41, 5.74) is 4.90. The van der Waals surface area contributed by atoms with Crippen molar-refractivity contribution in [2.45, 2.75) is 57.4 Å². The van der Waals surface area contributed by atoms with E-state index < -0.39 is 19.9 Å². The van der Waals surface area contributed by atoms with Crippen LogP contribution in [0.3, 0.4) is 0 Å². The summed E-state index contributed by atoms with van der Waals surface area (Å²) in [5, 5.41) is 0. The summed E-state index contributed by atoms with van der Waals surface area (Å²) >= 11 is 0. The largest absolute Gasteiger partial charge is 0.480 e. The van der Waals surface area contributed by atoms with Crippen molar-refractivity contribution in [3.63, 3.8) is 0 Å². The van der Waals surface area contributed by atoms with Gasteiger partial charge in [0.1, 0.15) is 30.0 Å². The van der Waals surface area contributed by atoms with Crippen LogP contribution >= 0.6 is 0 Å². The number of hydrogen-bond donors (Lipinski definition) is 0. The molecule has 240 valence electrons. The van der Waals surface area contributed by atoms with Gasteiger partial charge in [-0.3, -0.25) is 0 Å². The van der Waals surface area contributed by atoms with Crippen molar-refractivity contribution in [2.24, 2.45) is 7.05 Å². The van der Waals surface area contributed by atoms with E-state index in [9.17, 15) is 13.2 Å². The number of fused-ring (bicyclic) bond motifs is 1. The SMILES string of the molecule is C=C(c1ccc(-c2nc(C(F)(F)F)cn2C)cc1)c1cn(COCC[Si](C)(C)C)c2cnc(-c3c(OC)ncnc3C3CC3)nc12. The summed E-state index contributed by atoms with van der Waals surface area (Å²) in [6, 6.07) is 8.19. The van der Waals surface area contributed by atoms with Gasteiger partial charge < -0.3 is 18.6 Å². The van der Waals surface area contributed by atoms with Crippen molar-refractivity contribution < 1.29 is 22.6 Å². The molecule has 5 aromatic rings. The molecule has 0 saturated heterocycles. The highest BCUT2D eigenvalue weighted by Gasteiger charge is 2.35. The normalized spacial score (nSPS) is 13.8. The van der Waals surface area contributed by atoms with Crippen LogP contribution in [0.15, 0.2) is 55.8 Å². The Balaban J connectivity index is 1.38. The molecule has 4 heterocycles. The number of hydrogen-bond acceptors (Lipinski definition) is 7. The predicted molar refractivity (Wildman–Crippen MR) is 173 cm³/mol. The average Bonchev–Trinajstić information content (AvgIpc) is 3.69. The van der Waals surface area contributed by atoms with Crippen LogP contribution in [0.25, 0.3) is 39.4 Å². The summed E-state index contributed by atoms with van der Waals surface area (Å²) in [5.74, 6) is 1.42. The Labute approximate surface area is 266 Å². The number of aromatic nitrogens is 7. The Morgan fingerprint density at radius 2 is 1.78 bits per heavy atom. The van der Waals surface area contributed by atoms with Gasteiger partial charge in [0.2, 0.25) is 5.88 Å². The number of nitrogens with zero attached hydrogens (tertiary/aromatic N) is 7. The Bertz CT molecular complexity index is 1910. The highest BCUT2D eigenvalue weighted by molar-refractivity contribution is 6.76. The van der Waals surface area contributed by atoms with E-state index in [1.807, 2.05) is 22.9 Å². The molecule has 1 aliphatic rings. The molecule has 4 aromatic heterocycles. The molecule has 0 spiro atoms. The lowest BCUT2D eigenvalue weighted by Gasteiger charge is -2.15. The molecule has 13 heteroatoms. The van der Waals surface area contributed by atoms with Crippen LogP contribution in [0.2, 0.25) is 25.7 Å². The Morgan fingerprint density at radius 3 is 2.41 bits per heavy atom. The third kappa shape index (κ3) is 6.47. The fourth-order valence-electron chi connectivity index (χ4n) is 5.32. The van der Waals surface area contributed by atoms with Crippen LogP contribution in [-0.4, -0.2) is 55.8 Å². The first-order chi connectivity index (χ1) is 21.8. The molecule has 0 bridgehead atoms. The molecular formula is C33H36F3N7O2Si. The minimum absolute atomic E-state index is 0.222. The Morgan fingerprint density at radius 1 is 1.04 bits per heavy atom. The lowest BCUT2D eigenvalue weighted by molar-refractivity contribution is -0.140. The monoisotopic (exact) mass is 647 g/mol. The van der Waals surface area contributed by atoms with Crippen LogP contribution in [0.1, 0.15) is 41.3 Å². The smallest absolute Gasteiger partial charge is 0.434 e. The molecule has 0 unspecified atom stereocenters. The van der Waals surface area contributed by atoms with Gasteiger partial charge in [0, 0.05) is 51.2 Å². The van der Waals surface area contributed by atoms with Crippen molar-refractivity contribution in [2.75, 3.05) is 13.7 Å². The van der Waals surface area contributed by atoms with Crippen LogP contribution in [0, 0.1) is 0 Å². The molecule has 46 heavy (non-hydrogen) atoms. The third-order valence-electron chi connectivity index (χ3n) is 8.05. The van der Waals surface area contributed by atoms with Crippen LogP contribution in [0.5, 0.6) is 5.88 Å². The van der Waals surface area contributed by atoms with Gasteiger partial charge in [-0.1, -0.05) is 50.5 Å². The van der Waals surface area contributed by atoms with Gasteiger partial charge >= 0.3 is 6.18 Å². The summed E-state index contributed by atoms with van der Waals surface area (Å²) < 4.78 is 54.8. The van der Waals surface area contributed by atoms with Gasteiger partial charge in [-0.25, -0.2) is 24.9 Å². The average molecular weight is 648 g/mol. The number of imidazole rings is 1. The molecule has 0 radical (unpaired) electrons. The summed E-state index contributed by atoms with van der Waals surface area (Å²) in [6.45, 7) is 12.3. The molecule has 0 N–H and O–H groups in total. The molecule has 0 aliphatic heterocycles. The number of aryl methyl sites for hydroxylation is 1. The maximum Gasteiger partial charge on any atom is 0.434 e. The van der Waals surface area contributed by atoms with Gasteiger partial charge in [0.25, 0.3) is 0 Å². The minimum Gasteiger partial charge on any atom is -0.480 e. The first-order valence-electron chi connectivity index (χ1n) is 15.1. The zero-order valence-electron chi connectivity index (χ0n) is 26.5. The summed E-state index contributed by atoms with van der Waals surface area (Å²) in [7, 11) is 1.85. The lowest BCUT2D eigenvalue weighted by atomic mass is 9.99. The fraction of sp³-hybridized carbons (Fsp3) is 0.364. The van der Waals surface area contributed by atoms with E-state index in [1.54, 1.807) is 32.5 Å². The first-order valence-corrected chi connectivity index (χ1v) is 18.8. The van der Waals surface area contributed by atoms with E-state index in [-0.39, 0.29) is 5.82 Å². The van der Waals surface area contributed by atoms with Crippen molar-refractivity contribution >= 4 is 24.7 Å². The molecule has 0 atom stereocenters. The lowest BCUT2D eigenvalue weighted by Crippen LogP contribution is -2.21. The second-order valence-electron chi connectivity index (χ2n) is 12.8. The Hall–Kier alpha value is -4.36. The van der Waals surface area contributed by atoms with Gasteiger partial charge in [-0.2, -0.15) is 13.2 Å². The van der Waals surface area contributed by atoms with Crippen molar-refractivity contribution in [3.8, 4) is 28.7 Å². The maximum atomic E-state index is 13.3. The number of methoxy groups -OCH3 is 1. The molecular weight excluding hydrogens is 611 g/mol. The van der Waals surface area contributed by atoms with E-state index in [0.29, 0.717) is 53.2 Å². The molecule has 9 nitrogen and oxygen atoms in total. The molecule has 1 aliphatic carbocycles. The third-order valence-corrected chi connectivity index (χ3v) is 9.76. The number of rotatable bonds is 11. The van der Waals surface area contributed by atoms with E-state index in [0.717, 1.165) is 47.4 Å². The minimum atomic E-state index is -4.52. The van der Waals surface area contributed by atoms with Gasteiger partial charge in [-0.15, -0.1) is 0 Å². The van der Waals surface area contributed by atoms with Crippen LogP contribution < -0.4 is 4.74 Å². The highest BCUT2D eigenvalue weighted by atomic mass is 28.3. The van der Waals surface area contributed by atoms with E-state index >= 15 is 0 Å². The number of ether oxygens (including phenoxy) is 2. The molecule has 0 amide bonds. The second-order valence-corrected chi connectivity index (χ2v) is 18.4. The van der Waals surface area contributed by atoms with E-state index in [2.05, 4.69) is 41.2 Å². The Kier molecular flexibility index (Phi) is 8.32. The molecule has 1 saturated carbocycles. The highest BCUT2D eigenvalue weighted by Crippen LogP contribution is 2.45. The summed E-state index contributed by atoms with van der Waals surface area (Å²) in [4.78, 5) is 22.5. The molecule has 1 fully saturated rings. The van der Waals surface area contributed by atoms with E-state index in [4.69, 9.17) is 19.4 Å².